The Morgan fingerprint density at radius 1 is 0.489 bits per heavy atom. The van der Waals surface area contributed by atoms with Gasteiger partial charge in [0.1, 0.15) is 11.5 Å². The van der Waals surface area contributed by atoms with Gasteiger partial charge in [0, 0.05) is 36.9 Å². The molecule has 0 unspecified atom stereocenters. The fourth-order valence-corrected chi connectivity index (χ4v) is 7.63. The van der Waals surface area contributed by atoms with Crippen LogP contribution in [0.2, 0.25) is 0 Å². The summed E-state index contributed by atoms with van der Waals surface area (Å²) in [4.78, 5) is 0. The third kappa shape index (κ3) is 4.99. The summed E-state index contributed by atoms with van der Waals surface area (Å²) in [6, 6.07) is 38.7. The molecule has 0 amide bonds. The van der Waals surface area contributed by atoms with Crippen LogP contribution in [0.5, 0.6) is 11.5 Å². The minimum Gasteiger partial charge on any atom is -0.457 e. The molecule has 47 heavy (non-hydrogen) atoms. The molecule has 1 aliphatic heterocycles. The van der Waals surface area contributed by atoms with Gasteiger partial charge in [-0.2, -0.15) is 10.2 Å². The molecule has 5 nitrogen and oxygen atoms in total. The Morgan fingerprint density at radius 2 is 1.06 bits per heavy atom. The molecule has 5 aromatic carbocycles. The van der Waals surface area contributed by atoms with Gasteiger partial charge in [-0.15, -0.1) is 0 Å². The quantitative estimate of drug-likeness (QED) is 0.263. The fourth-order valence-electron chi connectivity index (χ4n) is 7.63. The Morgan fingerprint density at radius 3 is 1.68 bits per heavy atom. The van der Waals surface area contributed by atoms with Crippen molar-refractivity contribution in [3.63, 3.8) is 0 Å². The highest BCUT2D eigenvalue weighted by molar-refractivity contribution is 7.12. The van der Waals surface area contributed by atoms with Crippen molar-refractivity contribution in [1.82, 2.24) is 19.6 Å². The summed E-state index contributed by atoms with van der Waals surface area (Å²) in [5.74, 6) is 1.51. The first-order chi connectivity index (χ1) is 23.0. The van der Waals surface area contributed by atoms with Crippen LogP contribution < -0.4 is 37.5 Å². The monoisotopic (exact) mass is 608 g/mol. The number of hydrogen-bond donors (Lipinski definition) is 0. The van der Waals surface area contributed by atoms with E-state index in [0.717, 1.165) is 22.9 Å². The summed E-state index contributed by atoms with van der Waals surface area (Å²) in [6.07, 6.45) is 7.61. The van der Waals surface area contributed by atoms with Gasteiger partial charge in [-0.05, 0) is 63.5 Å². The number of benzene rings is 5. The van der Waals surface area contributed by atoms with Gasteiger partial charge in [-0.25, -0.2) is 9.36 Å². The van der Waals surface area contributed by atoms with Gasteiger partial charge in [0.2, 0.25) is 13.4 Å². The first-order valence-corrected chi connectivity index (χ1v) is 16.1. The maximum absolute atomic E-state index is 6.76. The molecule has 2 aromatic heterocycles. The molecule has 0 N–H and O–H groups in total. The van der Waals surface area contributed by atoms with Crippen molar-refractivity contribution in [2.45, 2.75) is 27.7 Å². The molecule has 7 heteroatoms. The van der Waals surface area contributed by atoms with Crippen molar-refractivity contribution in [3.05, 3.63) is 156 Å². The van der Waals surface area contributed by atoms with Crippen molar-refractivity contribution in [1.29, 1.82) is 0 Å². The van der Waals surface area contributed by atoms with Crippen molar-refractivity contribution >= 4 is 46.2 Å². The van der Waals surface area contributed by atoms with E-state index < -0.39 is 0 Å². The molecule has 0 saturated carbocycles. The Labute approximate surface area is 276 Å². The van der Waals surface area contributed by atoms with Crippen molar-refractivity contribution in [2.24, 2.45) is 0 Å². The van der Waals surface area contributed by atoms with Gasteiger partial charge in [-0.3, -0.25) is 0 Å². The molecule has 0 bridgehead atoms. The molecule has 0 saturated heterocycles. The summed E-state index contributed by atoms with van der Waals surface area (Å²) in [5, 5.41) is 9.22. The zero-order chi connectivity index (χ0) is 32.1. The van der Waals surface area contributed by atoms with Crippen molar-refractivity contribution in [2.75, 3.05) is 0 Å². The molecule has 0 atom stereocenters. The lowest BCUT2D eigenvalue weighted by atomic mass is 9.20. The van der Waals surface area contributed by atoms with Crippen LogP contribution in [0.1, 0.15) is 22.3 Å². The normalized spacial score (nSPS) is 12.2. The number of aryl methyl sites for hydroxylation is 4. The molecule has 1 aliphatic rings. The number of nitrogens with zero attached hydrogens (tertiary/aromatic N) is 4. The topological polar surface area (TPSA) is 44.9 Å². The number of hydrogen-bond acceptors (Lipinski definition) is 3. The van der Waals surface area contributed by atoms with Crippen LogP contribution in [0.25, 0.3) is 11.4 Å². The highest BCUT2D eigenvalue weighted by atomic mass is 16.5. The molecule has 7 aromatic rings. The lowest BCUT2D eigenvalue weighted by Gasteiger charge is -2.36. The van der Waals surface area contributed by atoms with E-state index in [0.29, 0.717) is 0 Å². The largest absolute Gasteiger partial charge is 0.457 e. The predicted molar refractivity (Wildman–Crippen MR) is 195 cm³/mol. The number of fused-ring (bicyclic) bond motifs is 2. The summed E-state index contributed by atoms with van der Waals surface area (Å²) in [7, 11) is 0. The molecular weight excluding hydrogens is 574 g/mol. The molecule has 8 rings (SSSR count). The maximum Gasteiger partial charge on any atom is 0.243 e. The van der Waals surface area contributed by atoms with Gasteiger partial charge in [0.05, 0.1) is 11.4 Å². The van der Waals surface area contributed by atoms with Crippen LogP contribution >= 0.6 is 0 Å². The van der Waals surface area contributed by atoms with Crippen LogP contribution in [-0.4, -0.2) is 33.0 Å². The average molecular weight is 608 g/mol. The summed E-state index contributed by atoms with van der Waals surface area (Å²) in [5.41, 5.74) is 14.9. The summed E-state index contributed by atoms with van der Waals surface area (Å²) in [6.45, 7) is 8.96. The Kier molecular flexibility index (Phi) is 7.17. The average Bonchev–Trinajstić information content (AvgIpc) is 3.81. The minimum absolute atomic E-state index is 0.0104. The predicted octanol–water partition coefficient (Wildman–Crippen LogP) is 4.43. The standard InChI is InChI=1S/C40H34B2N4O/c1-27-12-7-13-28(2)38(27)41-34-18-5-6-19-35(34)42(39-29(3)14-8-15-30(39)4)40-36(41)25-33(26-37(40)46-23-11-21-44-46)47-32-17-9-16-31(24-32)45-22-10-20-43-45/h5-26H,1-4H3. The number of ether oxygens (including phenoxy) is 1. The SMILES string of the molecule is Cc1cccc(C)c1B1c2ccccc2B(c2c(C)cccc2C)c2c1cc(Oc1cccc(-n3cccn3)c1)cc2-n1cccn1. The van der Waals surface area contributed by atoms with Crippen LogP contribution in [0.15, 0.2) is 134 Å². The lowest BCUT2D eigenvalue weighted by Crippen LogP contribution is -2.76. The van der Waals surface area contributed by atoms with Gasteiger partial charge < -0.3 is 4.74 Å². The van der Waals surface area contributed by atoms with E-state index in [1.165, 1.54) is 55.0 Å². The second-order valence-corrected chi connectivity index (χ2v) is 12.6. The molecule has 226 valence electrons. The zero-order valence-electron chi connectivity index (χ0n) is 27.1. The zero-order valence-corrected chi connectivity index (χ0v) is 27.1. The van der Waals surface area contributed by atoms with Crippen LogP contribution in [0.3, 0.4) is 0 Å². The van der Waals surface area contributed by atoms with Gasteiger partial charge in [0.25, 0.3) is 0 Å². The first kappa shape index (κ1) is 28.9. The van der Waals surface area contributed by atoms with E-state index >= 15 is 0 Å². The third-order valence-electron chi connectivity index (χ3n) is 9.62. The lowest BCUT2D eigenvalue weighted by molar-refractivity contribution is 0.482. The summed E-state index contributed by atoms with van der Waals surface area (Å²) >= 11 is 0. The molecule has 0 aliphatic carbocycles. The molecule has 0 fully saturated rings. The molecule has 3 heterocycles. The fraction of sp³-hybridized carbons (Fsp3) is 0.100. The van der Waals surface area contributed by atoms with Crippen LogP contribution in [0.4, 0.5) is 0 Å². The van der Waals surface area contributed by atoms with Crippen molar-refractivity contribution in [3.8, 4) is 22.9 Å². The Hall–Kier alpha value is -5.55. The number of rotatable bonds is 6. The Balaban J connectivity index is 1.43. The smallest absolute Gasteiger partial charge is 0.243 e. The molecular formula is C40H34B2N4O. The van der Waals surface area contributed by atoms with Crippen molar-refractivity contribution < 1.29 is 4.74 Å². The van der Waals surface area contributed by atoms with Gasteiger partial charge in [-0.1, -0.05) is 116 Å². The number of aromatic nitrogens is 4. The van der Waals surface area contributed by atoms with E-state index in [-0.39, 0.29) is 13.4 Å². The highest BCUT2D eigenvalue weighted by Gasteiger charge is 2.42. The van der Waals surface area contributed by atoms with E-state index in [1.807, 2.05) is 64.4 Å². The van der Waals surface area contributed by atoms with E-state index in [9.17, 15) is 0 Å². The highest BCUT2D eigenvalue weighted by Crippen LogP contribution is 2.26. The second kappa shape index (κ2) is 11.7. The third-order valence-corrected chi connectivity index (χ3v) is 9.62. The van der Waals surface area contributed by atoms with Gasteiger partial charge >= 0.3 is 0 Å². The molecule has 0 spiro atoms. The first-order valence-electron chi connectivity index (χ1n) is 16.1. The van der Waals surface area contributed by atoms with Crippen LogP contribution in [0, 0.1) is 27.7 Å². The maximum atomic E-state index is 6.76. The minimum atomic E-state index is 0.0104. The summed E-state index contributed by atoms with van der Waals surface area (Å²) < 4.78 is 10.6. The second-order valence-electron chi connectivity index (χ2n) is 12.6. The van der Waals surface area contributed by atoms with Crippen LogP contribution in [-0.2, 0) is 0 Å². The Bertz CT molecular complexity index is 2200. The van der Waals surface area contributed by atoms with E-state index in [4.69, 9.17) is 9.84 Å². The van der Waals surface area contributed by atoms with E-state index in [1.54, 1.807) is 6.20 Å². The van der Waals surface area contributed by atoms with Gasteiger partial charge in [0.15, 0.2) is 0 Å². The van der Waals surface area contributed by atoms with E-state index in [2.05, 4.69) is 106 Å². The molecule has 0 radical (unpaired) electrons.